The lowest BCUT2D eigenvalue weighted by Gasteiger charge is -2.38. The molecular formula is C13H21NO3. The third-order valence-electron chi connectivity index (χ3n) is 4.52. The van der Waals surface area contributed by atoms with Gasteiger partial charge in [-0.2, -0.15) is 0 Å². The molecule has 2 aliphatic rings. The highest BCUT2D eigenvalue weighted by Gasteiger charge is 2.46. The van der Waals surface area contributed by atoms with Crippen LogP contribution in [0.5, 0.6) is 0 Å². The molecule has 2 fully saturated rings. The van der Waals surface area contributed by atoms with Gasteiger partial charge in [0.25, 0.3) is 0 Å². The number of aliphatic carboxylic acids is 1. The average Bonchev–Trinajstić information content (AvgIpc) is 2.74. The molecule has 2 saturated carbocycles. The predicted octanol–water partition coefficient (Wildman–Crippen LogP) is 2.03. The average molecular weight is 239 g/mol. The maximum absolute atomic E-state index is 12.1. The van der Waals surface area contributed by atoms with Crippen molar-refractivity contribution in [2.75, 3.05) is 7.05 Å². The highest BCUT2D eigenvalue weighted by atomic mass is 16.4. The Balaban J connectivity index is 1.93. The molecule has 17 heavy (non-hydrogen) atoms. The van der Waals surface area contributed by atoms with Crippen LogP contribution in [0.25, 0.3) is 0 Å². The van der Waals surface area contributed by atoms with Crippen molar-refractivity contribution < 1.29 is 14.7 Å². The summed E-state index contributed by atoms with van der Waals surface area (Å²) in [6.45, 7) is 0. The lowest BCUT2D eigenvalue weighted by atomic mass is 9.66. The van der Waals surface area contributed by atoms with Gasteiger partial charge in [0, 0.05) is 19.5 Å². The molecule has 96 valence electrons. The fraction of sp³-hybridized carbons (Fsp3) is 0.846. The Labute approximate surface area is 102 Å². The van der Waals surface area contributed by atoms with Crippen molar-refractivity contribution in [3.05, 3.63) is 0 Å². The third-order valence-corrected chi connectivity index (χ3v) is 4.52. The summed E-state index contributed by atoms with van der Waals surface area (Å²) in [7, 11) is 1.83. The molecule has 2 rings (SSSR count). The van der Waals surface area contributed by atoms with E-state index in [0.29, 0.717) is 18.9 Å². The number of carbonyl (C=O) groups excluding carboxylic acids is 1. The van der Waals surface area contributed by atoms with Gasteiger partial charge in [-0.3, -0.25) is 9.59 Å². The fourth-order valence-corrected chi connectivity index (χ4v) is 2.98. The van der Waals surface area contributed by atoms with Crippen molar-refractivity contribution in [3.8, 4) is 0 Å². The molecule has 2 aliphatic carbocycles. The van der Waals surface area contributed by atoms with E-state index in [-0.39, 0.29) is 12.3 Å². The minimum Gasteiger partial charge on any atom is -0.481 e. The van der Waals surface area contributed by atoms with Gasteiger partial charge in [0.1, 0.15) is 0 Å². The molecule has 0 saturated heterocycles. The van der Waals surface area contributed by atoms with E-state index in [1.807, 2.05) is 7.05 Å². The van der Waals surface area contributed by atoms with Crippen molar-refractivity contribution in [3.63, 3.8) is 0 Å². The fourth-order valence-electron chi connectivity index (χ4n) is 2.98. The lowest BCUT2D eigenvalue weighted by Crippen LogP contribution is -2.45. The number of amides is 1. The molecule has 0 spiro atoms. The van der Waals surface area contributed by atoms with Crippen LogP contribution < -0.4 is 0 Å². The molecule has 0 bridgehead atoms. The molecule has 0 aromatic carbocycles. The molecule has 1 amide bonds. The van der Waals surface area contributed by atoms with Crippen LogP contribution in [0.2, 0.25) is 0 Å². The van der Waals surface area contributed by atoms with Gasteiger partial charge in [-0.15, -0.1) is 0 Å². The van der Waals surface area contributed by atoms with Crippen molar-refractivity contribution >= 4 is 11.9 Å². The Morgan fingerprint density at radius 2 is 1.82 bits per heavy atom. The molecule has 0 atom stereocenters. The minimum atomic E-state index is -0.795. The van der Waals surface area contributed by atoms with Gasteiger partial charge in [-0.25, -0.2) is 0 Å². The first-order valence-corrected chi connectivity index (χ1v) is 6.54. The van der Waals surface area contributed by atoms with Crippen LogP contribution in [0.3, 0.4) is 0 Å². The third kappa shape index (κ3) is 2.31. The topological polar surface area (TPSA) is 57.6 Å². The summed E-state index contributed by atoms with van der Waals surface area (Å²) >= 11 is 0. The monoisotopic (exact) mass is 239 g/mol. The Bertz CT molecular complexity index is 317. The molecule has 0 unspecified atom stereocenters. The zero-order valence-corrected chi connectivity index (χ0v) is 10.4. The van der Waals surface area contributed by atoms with E-state index in [1.54, 1.807) is 4.90 Å². The van der Waals surface area contributed by atoms with Gasteiger partial charge in [0.15, 0.2) is 0 Å². The van der Waals surface area contributed by atoms with Gasteiger partial charge < -0.3 is 10.0 Å². The highest BCUT2D eigenvalue weighted by molar-refractivity contribution is 5.85. The number of hydrogen-bond acceptors (Lipinski definition) is 2. The van der Waals surface area contributed by atoms with E-state index < -0.39 is 11.4 Å². The van der Waals surface area contributed by atoms with Crippen molar-refractivity contribution in [1.29, 1.82) is 0 Å². The first-order valence-electron chi connectivity index (χ1n) is 6.54. The van der Waals surface area contributed by atoms with Gasteiger partial charge >= 0.3 is 5.97 Å². The van der Waals surface area contributed by atoms with Gasteiger partial charge in [-0.05, 0) is 25.7 Å². The lowest BCUT2D eigenvalue weighted by molar-refractivity contribution is -0.159. The minimum absolute atomic E-state index is 0.0130. The summed E-state index contributed by atoms with van der Waals surface area (Å²) in [5, 5.41) is 9.21. The highest BCUT2D eigenvalue weighted by Crippen LogP contribution is 2.44. The SMILES string of the molecule is CN(C(=O)CC1(C(=O)O)CCC1)C1CCCC1. The maximum Gasteiger partial charge on any atom is 0.310 e. The molecule has 4 nitrogen and oxygen atoms in total. The van der Waals surface area contributed by atoms with Crippen LogP contribution in [0, 0.1) is 5.41 Å². The number of hydrogen-bond donors (Lipinski definition) is 1. The normalized spacial score (nSPS) is 23.1. The standard InChI is InChI=1S/C13H21NO3/c1-14(10-5-2-3-6-10)11(15)9-13(12(16)17)7-4-8-13/h10H,2-9H2,1H3,(H,16,17). The van der Waals surface area contributed by atoms with E-state index in [4.69, 9.17) is 0 Å². The maximum atomic E-state index is 12.1. The number of carboxylic acid groups (broad SMARTS) is 1. The number of carboxylic acids is 1. The Hall–Kier alpha value is -1.06. The second kappa shape index (κ2) is 4.67. The van der Waals surface area contributed by atoms with Gasteiger partial charge in [-0.1, -0.05) is 19.3 Å². The number of rotatable bonds is 4. The largest absolute Gasteiger partial charge is 0.481 e. The Morgan fingerprint density at radius 1 is 1.24 bits per heavy atom. The summed E-state index contributed by atoms with van der Waals surface area (Å²) in [5.41, 5.74) is -0.746. The first kappa shape index (κ1) is 12.4. The molecule has 0 aromatic heterocycles. The smallest absolute Gasteiger partial charge is 0.310 e. The summed E-state index contributed by atoms with van der Waals surface area (Å²) in [4.78, 5) is 25.1. The summed E-state index contributed by atoms with van der Waals surface area (Å²) in [6, 6.07) is 0.341. The summed E-state index contributed by atoms with van der Waals surface area (Å²) in [5.74, 6) is -0.782. The van der Waals surface area contributed by atoms with Crippen LogP contribution in [-0.2, 0) is 9.59 Å². The Morgan fingerprint density at radius 3 is 2.24 bits per heavy atom. The quantitative estimate of drug-likeness (QED) is 0.816. The van der Waals surface area contributed by atoms with E-state index in [1.165, 1.54) is 12.8 Å². The van der Waals surface area contributed by atoms with Crippen molar-refractivity contribution in [2.24, 2.45) is 5.41 Å². The Kier molecular flexibility index (Phi) is 3.40. The van der Waals surface area contributed by atoms with E-state index >= 15 is 0 Å². The zero-order valence-electron chi connectivity index (χ0n) is 10.4. The molecule has 0 aromatic rings. The van der Waals surface area contributed by atoms with Crippen LogP contribution >= 0.6 is 0 Å². The van der Waals surface area contributed by atoms with E-state index in [2.05, 4.69) is 0 Å². The number of nitrogens with zero attached hydrogens (tertiary/aromatic N) is 1. The molecule has 1 N–H and O–H groups in total. The molecule has 0 radical (unpaired) electrons. The molecular weight excluding hydrogens is 218 g/mol. The second-order valence-electron chi connectivity index (χ2n) is 5.56. The van der Waals surface area contributed by atoms with Crippen LogP contribution in [-0.4, -0.2) is 35.0 Å². The molecule has 0 heterocycles. The summed E-state index contributed by atoms with van der Waals surface area (Å²) < 4.78 is 0. The van der Waals surface area contributed by atoms with Gasteiger partial charge in [0.05, 0.1) is 5.41 Å². The first-order chi connectivity index (χ1) is 8.05. The van der Waals surface area contributed by atoms with Crippen LogP contribution in [0.1, 0.15) is 51.4 Å². The van der Waals surface area contributed by atoms with E-state index in [0.717, 1.165) is 19.3 Å². The summed E-state index contributed by atoms with van der Waals surface area (Å²) in [6.07, 6.45) is 6.96. The van der Waals surface area contributed by atoms with Crippen molar-refractivity contribution in [1.82, 2.24) is 4.90 Å². The van der Waals surface area contributed by atoms with Crippen molar-refractivity contribution in [2.45, 2.75) is 57.4 Å². The molecule has 0 aliphatic heterocycles. The van der Waals surface area contributed by atoms with Crippen LogP contribution in [0.4, 0.5) is 0 Å². The zero-order chi connectivity index (χ0) is 12.5. The van der Waals surface area contributed by atoms with Crippen LogP contribution in [0.15, 0.2) is 0 Å². The number of carbonyl (C=O) groups is 2. The van der Waals surface area contributed by atoms with E-state index in [9.17, 15) is 14.7 Å². The second-order valence-corrected chi connectivity index (χ2v) is 5.56. The molecule has 4 heteroatoms. The predicted molar refractivity (Wildman–Crippen MR) is 63.6 cm³/mol. The van der Waals surface area contributed by atoms with Gasteiger partial charge in [0.2, 0.25) is 5.91 Å².